The molecule has 3 aromatic rings. The predicted octanol–water partition coefficient (Wildman–Crippen LogP) is 1.97. The number of hydrogen-bond donors (Lipinski definition) is 0. The van der Waals surface area contributed by atoms with E-state index in [0.29, 0.717) is 0 Å². The lowest BCUT2D eigenvalue weighted by Crippen LogP contribution is -2.21. The van der Waals surface area contributed by atoms with Gasteiger partial charge < -0.3 is 0 Å². The van der Waals surface area contributed by atoms with Crippen LogP contribution < -0.4 is 4.40 Å². The van der Waals surface area contributed by atoms with Crippen LogP contribution in [0.5, 0.6) is 0 Å². The lowest BCUT2D eigenvalue weighted by molar-refractivity contribution is -0.512. The Balaban J connectivity index is 2.52. The Labute approximate surface area is 81.5 Å². The van der Waals surface area contributed by atoms with Gasteiger partial charge in [-0.2, -0.15) is 0 Å². The summed E-state index contributed by atoms with van der Waals surface area (Å²) in [5.41, 5.74) is 2.02. The molecule has 0 unspecified atom stereocenters. The van der Waals surface area contributed by atoms with E-state index < -0.39 is 0 Å². The molecule has 2 nitrogen and oxygen atoms in total. The van der Waals surface area contributed by atoms with Gasteiger partial charge in [0, 0.05) is 6.07 Å². The number of hydrogen-bond acceptors (Lipinski definition) is 1. The van der Waals surface area contributed by atoms with Crippen molar-refractivity contribution in [3.63, 3.8) is 0 Å². The first-order valence-corrected chi connectivity index (χ1v) is 4.59. The zero-order valence-electron chi connectivity index (χ0n) is 7.59. The third-order valence-electron chi connectivity index (χ3n) is 2.32. The molecule has 1 aromatic carbocycles. The Kier molecular flexibility index (Phi) is 1.47. The van der Waals surface area contributed by atoms with Crippen molar-refractivity contribution in [2.75, 3.05) is 0 Å². The predicted molar refractivity (Wildman–Crippen MR) is 54.9 cm³/mol. The van der Waals surface area contributed by atoms with Gasteiger partial charge in [0.15, 0.2) is 5.52 Å². The highest BCUT2D eigenvalue weighted by Crippen LogP contribution is 2.08. The summed E-state index contributed by atoms with van der Waals surface area (Å²) < 4.78 is 2.03. The highest BCUT2D eigenvalue weighted by atomic mass is 14.9. The smallest absolute Gasteiger partial charge is 0.203 e. The fourth-order valence-electron chi connectivity index (χ4n) is 1.62. The lowest BCUT2D eigenvalue weighted by Gasteiger charge is -1.92. The van der Waals surface area contributed by atoms with Gasteiger partial charge in [-0.1, -0.05) is 18.2 Å². The minimum Gasteiger partial charge on any atom is -0.203 e. The molecule has 0 amide bonds. The monoisotopic (exact) mass is 181 g/mol. The van der Waals surface area contributed by atoms with E-state index in [-0.39, 0.29) is 0 Å². The summed E-state index contributed by atoms with van der Waals surface area (Å²) in [6.45, 7) is 0. The van der Waals surface area contributed by atoms with E-state index in [9.17, 15) is 0 Å². The minimum atomic E-state index is 0.978. The molecular weight excluding hydrogens is 172 g/mol. The van der Waals surface area contributed by atoms with Crippen LogP contribution in [-0.4, -0.2) is 4.98 Å². The summed E-state index contributed by atoms with van der Waals surface area (Å²) in [7, 11) is 0. The van der Waals surface area contributed by atoms with Crippen molar-refractivity contribution in [1.29, 1.82) is 0 Å². The number of fused-ring (bicyclic) bond motifs is 2. The molecule has 0 atom stereocenters. The summed E-state index contributed by atoms with van der Waals surface area (Å²) in [6.07, 6.45) is 4.10. The van der Waals surface area contributed by atoms with Gasteiger partial charge in [-0.05, 0) is 23.2 Å². The Morgan fingerprint density at radius 1 is 0.929 bits per heavy atom. The maximum Gasteiger partial charge on any atom is 0.328 e. The lowest BCUT2D eigenvalue weighted by atomic mass is 10.2. The molecule has 2 aromatic heterocycles. The van der Waals surface area contributed by atoms with Gasteiger partial charge in [-0.25, -0.2) is 4.40 Å². The van der Waals surface area contributed by atoms with Gasteiger partial charge >= 0.3 is 5.65 Å². The highest BCUT2D eigenvalue weighted by Gasteiger charge is 2.05. The van der Waals surface area contributed by atoms with Crippen molar-refractivity contribution in [2.24, 2.45) is 0 Å². The number of pyridine rings is 1. The van der Waals surface area contributed by atoms with Crippen LogP contribution >= 0.6 is 0 Å². The van der Waals surface area contributed by atoms with E-state index in [1.807, 2.05) is 47.0 Å². The largest absolute Gasteiger partial charge is 0.328 e. The summed E-state index contributed by atoms with van der Waals surface area (Å²) in [6, 6.07) is 14.1. The zero-order chi connectivity index (χ0) is 9.38. The van der Waals surface area contributed by atoms with Crippen molar-refractivity contribution in [1.82, 2.24) is 4.98 Å². The van der Waals surface area contributed by atoms with Crippen molar-refractivity contribution in [3.05, 3.63) is 54.9 Å². The second-order valence-electron chi connectivity index (χ2n) is 3.27. The fourth-order valence-corrected chi connectivity index (χ4v) is 1.62. The van der Waals surface area contributed by atoms with Gasteiger partial charge in [0.1, 0.15) is 6.20 Å². The first-order chi connectivity index (χ1) is 6.93. The molecule has 0 fully saturated rings. The van der Waals surface area contributed by atoms with Crippen molar-refractivity contribution in [3.8, 4) is 0 Å². The first-order valence-electron chi connectivity index (χ1n) is 4.59. The van der Waals surface area contributed by atoms with E-state index in [1.165, 1.54) is 0 Å². The molecule has 0 bridgehead atoms. The summed E-state index contributed by atoms with van der Waals surface area (Å²) in [5, 5.41) is 1.16. The van der Waals surface area contributed by atoms with E-state index in [4.69, 9.17) is 0 Å². The number of rotatable bonds is 0. The second kappa shape index (κ2) is 2.77. The van der Waals surface area contributed by atoms with Gasteiger partial charge in [0.2, 0.25) is 0 Å². The molecule has 2 heteroatoms. The zero-order valence-corrected chi connectivity index (χ0v) is 7.59. The molecule has 0 saturated carbocycles. The van der Waals surface area contributed by atoms with Crippen LogP contribution in [0.1, 0.15) is 0 Å². The SMILES string of the molecule is c1ccc2nc3cccc[n+]3cc2c1. The normalized spacial score (nSPS) is 10.9. The van der Waals surface area contributed by atoms with E-state index >= 15 is 0 Å². The van der Waals surface area contributed by atoms with Crippen LogP contribution in [-0.2, 0) is 0 Å². The molecule has 66 valence electrons. The Hall–Kier alpha value is -1.96. The van der Waals surface area contributed by atoms with E-state index in [2.05, 4.69) is 17.2 Å². The molecule has 0 saturated heterocycles. The molecule has 0 aliphatic heterocycles. The summed E-state index contributed by atoms with van der Waals surface area (Å²) in [5.74, 6) is 0. The minimum absolute atomic E-state index is 0.978. The average Bonchev–Trinajstić information content (AvgIpc) is 2.26. The third-order valence-corrected chi connectivity index (χ3v) is 2.32. The third kappa shape index (κ3) is 1.04. The quantitative estimate of drug-likeness (QED) is 0.383. The topological polar surface area (TPSA) is 17.0 Å². The number of nitrogens with zero attached hydrogens (tertiary/aromatic N) is 2. The molecule has 0 aliphatic carbocycles. The van der Waals surface area contributed by atoms with Gasteiger partial charge in [-0.15, -0.1) is 0 Å². The second-order valence-corrected chi connectivity index (χ2v) is 3.27. The van der Waals surface area contributed by atoms with Gasteiger partial charge in [-0.3, -0.25) is 0 Å². The van der Waals surface area contributed by atoms with Crippen LogP contribution in [0.15, 0.2) is 54.9 Å². The standard InChI is InChI=1S/C12H9N2/c1-2-6-11-10(5-1)9-14-8-4-3-7-12(14)13-11/h1-9H/q+1. The maximum atomic E-state index is 4.54. The van der Waals surface area contributed by atoms with Gasteiger partial charge in [0.25, 0.3) is 0 Å². The Bertz CT molecular complexity index is 497. The van der Waals surface area contributed by atoms with Crippen LogP contribution in [0.4, 0.5) is 0 Å². The van der Waals surface area contributed by atoms with Crippen LogP contribution in [0, 0.1) is 0 Å². The highest BCUT2D eigenvalue weighted by molar-refractivity contribution is 5.77. The van der Waals surface area contributed by atoms with Crippen LogP contribution in [0.3, 0.4) is 0 Å². The molecule has 0 aliphatic rings. The number of para-hydroxylation sites is 1. The Morgan fingerprint density at radius 2 is 1.79 bits per heavy atom. The average molecular weight is 181 g/mol. The van der Waals surface area contributed by atoms with Crippen molar-refractivity contribution in [2.45, 2.75) is 0 Å². The van der Waals surface area contributed by atoms with E-state index in [0.717, 1.165) is 16.6 Å². The maximum absolute atomic E-state index is 4.54. The molecule has 2 heterocycles. The van der Waals surface area contributed by atoms with Gasteiger partial charge in [0.05, 0.1) is 11.6 Å². The number of aromatic nitrogens is 2. The Morgan fingerprint density at radius 3 is 2.79 bits per heavy atom. The van der Waals surface area contributed by atoms with Crippen molar-refractivity contribution >= 4 is 16.6 Å². The van der Waals surface area contributed by atoms with Crippen LogP contribution in [0.2, 0.25) is 0 Å². The molecule has 0 N–H and O–H groups in total. The summed E-state index contributed by atoms with van der Waals surface area (Å²) in [4.78, 5) is 4.54. The molecule has 14 heavy (non-hydrogen) atoms. The molecule has 0 radical (unpaired) electrons. The van der Waals surface area contributed by atoms with E-state index in [1.54, 1.807) is 0 Å². The van der Waals surface area contributed by atoms with Crippen molar-refractivity contribution < 1.29 is 4.40 Å². The fraction of sp³-hybridized carbons (Fsp3) is 0. The first kappa shape index (κ1) is 7.44. The molecule has 0 spiro atoms. The molecular formula is C12H9N2+. The summed E-state index contributed by atoms with van der Waals surface area (Å²) >= 11 is 0. The number of benzene rings is 1. The van der Waals surface area contributed by atoms with Crippen LogP contribution in [0.25, 0.3) is 16.6 Å². The molecule has 3 rings (SSSR count).